The van der Waals surface area contributed by atoms with Crippen molar-refractivity contribution in [2.24, 2.45) is 5.41 Å². The van der Waals surface area contributed by atoms with Gasteiger partial charge in [-0.1, -0.05) is 70.0 Å². The van der Waals surface area contributed by atoms with Crippen LogP contribution in [0.4, 0.5) is 0 Å². The molecule has 1 saturated heterocycles. The van der Waals surface area contributed by atoms with Crippen LogP contribution in [0.1, 0.15) is 30.0 Å². The van der Waals surface area contributed by atoms with Crippen molar-refractivity contribution in [3.05, 3.63) is 76.8 Å². The fraction of sp³-hybridized carbons (Fsp3) is 0.182. The maximum absolute atomic E-state index is 12.5. The van der Waals surface area contributed by atoms with Crippen molar-refractivity contribution >= 4 is 43.8 Å². The molecule has 1 aliphatic heterocycles. The number of nitriles is 2. The summed E-state index contributed by atoms with van der Waals surface area (Å²) in [6.07, 6.45) is 1.58. The van der Waals surface area contributed by atoms with Crippen LogP contribution in [0.3, 0.4) is 0 Å². The number of imide groups is 1. The number of rotatable bonds is 5. The van der Waals surface area contributed by atoms with E-state index < -0.39 is 23.3 Å². The molecule has 2 amide bonds. The van der Waals surface area contributed by atoms with Gasteiger partial charge in [0.15, 0.2) is 5.41 Å². The predicted octanol–water partition coefficient (Wildman–Crippen LogP) is 5.00. The summed E-state index contributed by atoms with van der Waals surface area (Å²) >= 11 is 9.37. The second kappa shape index (κ2) is 8.61. The minimum atomic E-state index is -1.80. The molecule has 5 nitrogen and oxygen atoms in total. The van der Waals surface area contributed by atoms with Gasteiger partial charge in [-0.3, -0.25) is 14.5 Å². The highest BCUT2D eigenvalue weighted by atomic mass is 79.9. The number of likely N-dealkylation sites (tertiary alicyclic amines) is 1. The molecular weight excluding hydrogens is 454 g/mol. The third-order valence-corrected chi connectivity index (χ3v) is 5.68. The van der Waals surface area contributed by atoms with Gasteiger partial charge in [0.2, 0.25) is 11.8 Å². The number of hydrogen-bond donors (Lipinski definition) is 0. The average Bonchev–Trinajstić information content (AvgIpc) is 3.07. The van der Waals surface area contributed by atoms with E-state index in [4.69, 9.17) is 11.6 Å². The molecule has 0 radical (unpaired) electrons. The minimum Gasteiger partial charge on any atom is -0.274 e. The topological polar surface area (TPSA) is 85.0 Å². The molecule has 0 N–H and O–H groups in total. The van der Waals surface area contributed by atoms with Gasteiger partial charge in [0.05, 0.1) is 12.1 Å². The van der Waals surface area contributed by atoms with E-state index in [0.717, 1.165) is 4.90 Å². The molecule has 1 aliphatic rings. The fourth-order valence-corrected chi connectivity index (χ4v) is 4.07. The van der Waals surface area contributed by atoms with Crippen LogP contribution in [0.5, 0.6) is 0 Å². The van der Waals surface area contributed by atoms with Crippen molar-refractivity contribution in [1.29, 1.82) is 10.5 Å². The lowest BCUT2D eigenvalue weighted by Crippen LogP contribution is -2.42. The van der Waals surface area contributed by atoms with Crippen LogP contribution in [-0.4, -0.2) is 16.7 Å². The maximum Gasteiger partial charge on any atom is 0.230 e. The molecule has 3 rings (SSSR count). The van der Waals surface area contributed by atoms with E-state index in [2.05, 4.69) is 28.1 Å². The zero-order chi connectivity index (χ0) is 21.0. The van der Waals surface area contributed by atoms with E-state index in [9.17, 15) is 20.1 Å². The number of hydrogen-bond acceptors (Lipinski definition) is 4. The second-order valence-corrected chi connectivity index (χ2v) is 7.85. The molecule has 0 aliphatic carbocycles. The van der Waals surface area contributed by atoms with Crippen molar-refractivity contribution in [3.8, 4) is 12.1 Å². The number of nitrogens with zero attached hydrogens (tertiary/aromatic N) is 3. The molecule has 0 spiro atoms. The van der Waals surface area contributed by atoms with Crippen LogP contribution in [0.25, 0.3) is 4.48 Å². The predicted molar refractivity (Wildman–Crippen MR) is 112 cm³/mol. The lowest BCUT2D eigenvalue weighted by atomic mass is 9.77. The second-order valence-electron chi connectivity index (χ2n) is 6.56. The largest absolute Gasteiger partial charge is 0.274 e. The zero-order valence-corrected chi connectivity index (χ0v) is 17.5. The Balaban J connectivity index is 2.19. The Morgan fingerprint density at radius 2 is 1.59 bits per heavy atom. The molecule has 0 saturated carbocycles. The van der Waals surface area contributed by atoms with E-state index >= 15 is 0 Å². The van der Waals surface area contributed by atoms with E-state index in [1.165, 1.54) is 6.08 Å². The molecule has 0 bridgehead atoms. The van der Waals surface area contributed by atoms with Crippen molar-refractivity contribution < 1.29 is 9.59 Å². The van der Waals surface area contributed by atoms with E-state index in [1.807, 2.05) is 0 Å². The van der Waals surface area contributed by atoms with Crippen LogP contribution in [0, 0.1) is 28.1 Å². The van der Waals surface area contributed by atoms with Crippen LogP contribution >= 0.6 is 27.5 Å². The monoisotopic (exact) mass is 467 g/mol. The van der Waals surface area contributed by atoms with E-state index in [0.29, 0.717) is 20.6 Å². The smallest absolute Gasteiger partial charge is 0.230 e. The summed E-state index contributed by atoms with van der Waals surface area (Å²) in [5, 5.41) is 20.7. The quantitative estimate of drug-likeness (QED) is 0.578. The number of halogens is 2. The Hall–Kier alpha value is -2.93. The maximum atomic E-state index is 12.5. The van der Waals surface area contributed by atoms with Gasteiger partial charge in [0.1, 0.15) is 6.04 Å². The fourth-order valence-electron chi connectivity index (χ4n) is 3.32. The summed E-state index contributed by atoms with van der Waals surface area (Å²) in [6.45, 7) is 0. The Kier molecular flexibility index (Phi) is 6.17. The Labute approximate surface area is 181 Å². The Bertz CT molecular complexity index is 1020. The molecule has 1 unspecified atom stereocenters. The SMILES string of the molecule is N#CC(C#N)(/C=C(/Br)c1ccc(Cl)cc1)C(c1ccccc1)N1C(=O)CCC1=O. The first kappa shape index (κ1) is 20.8. The minimum absolute atomic E-state index is 0.0666. The van der Waals surface area contributed by atoms with Gasteiger partial charge in [-0.25, -0.2) is 0 Å². The number of benzene rings is 2. The molecule has 1 atom stereocenters. The zero-order valence-electron chi connectivity index (χ0n) is 15.2. The highest BCUT2D eigenvalue weighted by Gasteiger charge is 2.48. The number of amides is 2. The lowest BCUT2D eigenvalue weighted by molar-refractivity contribution is -0.142. The first-order valence-corrected chi connectivity index (χ1v) is 9.95. The van der Waals surface area contributed by atoms with Crippen molar-refractivity contribution in [2.75, 3.05) is 0 Å². The van der Waals surface area contributed by atoms with Crippen LogP contribution in [-0.2, 0) is 9.59 Å². The molecule has 1 fully saturated rings. The van der Waals surface area contributed by atoms with E-state index in [-0.39, 0.29) is 12.8 Å². The van der Waals surface area contributed by atoms with Crippen LogP contribution < -0.4 is 0 Å². The van der Waals surface area contributed by atoms with Gasteiger partial charge in [-0.15, -0.1) is 0 Å². The Morgan fingerprint density at radius 3 is 2.10 bits per heavy atom. The van der Waals surface area contributed by atoms with Gasteiger partial charge in [0.25, 0.3) is 0 Å². The van der Waals surface area contributed by atoms with Gasteiger partial charge < -0.3 is 0 Å². The normalized spacial score (nSPS) is 15.7. The van der Waals surface area contributed by atoms with Gasteiger partial charge in [-0.05, 0) is 29.3 Å². The first-order valence-electron chi connectivity index (χ1n) is 8.78. The van der Waals surface area contributed by atoms with Gasteiger partial charge in [0, 0.05) is 22.3 Å². The van der Waals surface area contributed by atoms with E-state index in [1.54, 1.807) is 54.6 Å². The molecule has 0 aromatic heterocycles. The summed E-state index contributed by atoms with van der Waals surface area (Å²) in [5.41, 5.74) is -0.558. The summed E-state index contributed by atoms with van der Waals surface area (Å²) in [5.74, 6) is -0.788. The molecule has 1 heterocycles. The lowest BCUT2D eigenvalue weighted by Gasteiger charge is -2.34. The van der Waals surface area contributed by atoms with Crippen molar-refractivity contribution in [3.63, 3.8) is 0 Å². The summed E-state index contributed by atoms with van der Waals surface area (Å²) in [4.78, 5) is 26.1. The molecule has 7 heteroatoms. The highest BCUT2D eigenvalue weighted by molar-refractivity contribution is 9.15. The average molecular weight is 469 g/mol. The van der Waals surface area contributed by atoms with Crippen LogP contribution in [0.15, 0.2) is 60.7 Å². The van der Waals surface area contributed by atoms with Gasteiger partial charge in [-0.2, -0.15) is 10.5 Å². The molecular formula is C22H15BrClN3O2. The summed E-state index contributed by atoms with van der Waals surface area (Å²) < 4.78 is 0.484. The van der Waals surface area contributed by atoms with Crippen LogP contribution in [0.2, 0.25) is 5.02 Å². The summed E-state index contributed by atoms with van der Waals surface area (Å²) in [7, 11) is 0. The molecule has 29 heavy (non-hydrogen) atoms. The summed E-state index contributed by atoms with van der Waals surface area (Å²) in [6, 6.07) is 18.6. The standard InChI is InChI=1S/C22H15BrClN3O2/c23-18(15-6-8-17(24)9-7-15)12-22(13-25,14-26)21(16-4-2-1-3-5-16)27-19(28)10-11-20(27)29/h1-9,12,21H,10-11H2/b18-12+. The van der Waals surface area contributed by atoms with Gasteiger partial charge >= 0.3 is 0 Å². The molecule has 2 aromatic carbocycles. The molecule has 2 aromatic rings. The Morgan fingerprint density at radius 1 is 1.03 bits per heavy atom. The third-order valence-electron chi connectivity index (χ3n) is 4.74. The first-order chi connectivity index (χ1) is 13.9. The molecule has 144 valence electrons. The van der Waals surface area contributed by atoms with Crippen molar-refractivity contribution in [2.45, 2.75) is 18.9 Å². The highest BCUT2D eigenvalue weighted by Crippen LogP contribution is 2.44. The number of carbonyl (C=O) groups excluding carboxylic acids is 2. The number of carbonyl (C=O) groups is 2. The van der Waals surface area contributed by atoms with Crippen molar-refractivity contribution in [1.82, 2.24) is 4.90 Å². The third kappa shape index (κ3) is 4.10.